The average molecular weight is 261 g/mol. The summed E-state index contributed by atoms with van der Waals surface area (Å²) < 4.78 is 5.57. The van der Waals surface area contributed by atoms with Gasteiger partial charge in [-0.2, -0.15) is 10.5 Å². The summed E-state index contributed by atoms with van der Waals surface area (Å²) in [7, 11) is 3.86. The van der Waals surface area contributed by atoms with E-state index in [-0.39, 0.29) is 11.6 Å². The number of rotatable bonds is 3. The van der Waals surface area contributed by atoms with E-state index in [4.69, 9.17) is 15.3 Å². The van der Waals surface area contributed by atoms with Crippen molar-refractivity contribution in [3.8, 4) is 12.1 Å². The Morgan fingerprint density at radius 1 is 1.21 bits per heavy atom. The largest absolute Gasteiger partial charge is 0.378 e. The number of nitriles is 2. The topological polar surface area (TPSA) is 84.1 Å². The molecule has 2 saturated heterocycles. The van der Waals surface area contributed by atoms with Crippen LogP contribution < -0.4 is 10.6 Å². The van der Waals surface area contributed by atoms with Crippen LogP contribution in [0.1, 0.15) is 12.8 Å². The minimum atomic E-state index is 0.0998. The lowest BCUT2D eigenvalue weighted by Gasteiger charge is -2.47. The Bertz CT molecular complexity index is 417. The van der Waals surface area contributed by atoms with E-state index < -0.39 is 0 Å². The first-order chi connectivity index (χ1) is 9.19. The van der Waals surface area contributed by atoms with Gasteiger partial charge in [-0.25, -0.2) is 0 Å². The van der Waals surface area contributed by atoms with Crippen molar-refractivity contribution in [2.24, 2.45) is 0 Å². The minimum absolute atomic E-state index is 0.0998. The van der Waals surface area contributed by atoms with Gasteiger partial charge in [0.25, 0.3) is 0 Å². The Morgan fingerprint density at radius 2 is 1.79 bits per heavy atom. The number of piperidine rings is 1. The third-order valence-electron chi connectivity index (χ3n) is 3.96. The summed E-state index contributed by atoms with van der Waals surface area (Å²) in [4.78, 5) is 2.37. The third kappa shape index (κ3) is 2.81. The lowest BCUT2D eigenvalue weighted by Crippen LogP contribution is -2.58. The highest BCUT2D eigenvalue weighted by atomic mass is 16.5. The zero-order valence-electron chi connectivity index (χ0n) is 11.3. The summed E-state index contributed by atoms with van der Waals surface area (Å²) in [6.45, 7) is 1.51. The fourth-order valence-corrected chi connectivity index (χ4v) is 2.82. The Morgan fingerprint density at radius 3 is 2.26 bits per heavy atom. The molecule has 2 fully saturated rings. The first kappa shape index (κ1) is 13.7. The normalized spacial score (nSPS) is 29.8. The van der Waals surface area contributed by atoms with E-state index in [0.29, 0.717) is 17.9 Å². The van der Waals surface area contributed by atoms with E-state index in [9.17, 15) is 0 Å². The molecular formula is C13H19N5O. The van der Waals surface area contributed by atoms with Gasteiger partial charge in [-0.1, -0.05) is 0 Å². The van der Waals surface area contributed by atoms with Crippen LogP contribution in [0.2, 0.25) is 0 Å². The van der Waals surface area contributed by atoms with Crippen molar-refractivity contribution in [2.75, 3.05) is 27.3 Å². The molecule has 2 atom stereocenters. The Kier molecular flexibility index (Phi) is 4.26. The first-order valence-electron chi connectivity index (χ1n) is 6.48. The molecule has 2 aliphatic heterocycles. The Balaban J connectivity index is 2.07. The fraction of sp³-hybridized carbons (Fsp3) is 0.692. The predicted molar refractivity (Wildman–Crippen MR) is 69.6 cm³/mol. The summed E-state index contributed by atoms with van der Waals surface area (Å²) in [5.41, 5.74) is 0.0998. The lowest BCUT2D eigenvalue weighted by atomic mass is 9.90. The molecule has 0 aliphatic carbocycles. The molecule has 0 radical (unpaired) electrons. The Labute approximate surface area is 113 Å². The van der Waals surface area contributed by atoms with Crippen LogP contribution >= 0.6 is 0 Å². The number of hydrogen-bond donors (Lipinski definition) is 2. The molecule has 6 nitrogen and oxygen atoms in total. The van der Waals surface area contributed by atoms with E-state index >= 15 is 0 Å². The molecule has 2 unspecified atom stereocenters. The van der Waals surface area contributed by atoms with Crippen LogP contribution in [0.25, 0.3) is 0 Å². The van der Waals surface area contributed by atoms with Gasteiger partial charge < -0.3 is 15.4 Å². The average Bonchev–Trinajstić information content (AvgIpc) is 2.39. The maximum atomic E-state index is 8.92. The van der Waals surface area contributed by atoms with Crippen molar-refractivity contribution in [2.45, 2.75) is 31.0 Å². The minimum Gasteiger partial charge on any atom is -0.378 e. The lowest BCUT2D eigenvalue weighted by molar-refractivity contribution is -0.0671. The number of hydrogen-bond acceptors (Lipinski definition) is 6. The van der Waals surface area contributed by atoms with Gasteiger partial charge in [0.15, 0.2) is 5.57 Å². The molecule has 2 heterocycles. The highest BCUT2D eigenvalue weighted by Crippen LogP contribution is 2.26. The van der Waals surface area contributed by atoms with E-state index in [0.717, 1.165) is 26.1 Å². The number of fused-ring (bicyclic) bond motifs is 2. The number of morpholine rings is 1. The maximum Gasteiger partial charge on any atom is 0.169 e. The van der Waals surface area contributed by atoms with Crippen molar-refractivity contribution in [3.05, 3.63) is 11.4 Å². The van der Waals surface area contributed by atoms with Crippen LogP contribution in [-0.2, 0) is 4.74 Å². The molecular weight excluding hydrogens is 242 g/mol. The van der Waals surface area contributed by atoms with E-state index in [2.05, 4.69) is 22.6 Å². The summed E-state index contributed by atoms with van der Waals surface area (Å²) in [6.07, 6.45) is 1.92. The number of ether oxygens (including phenoxy) is 1. The number of nitrogens with zero attached hydrogens (tertiary/aromatic N) is 3. The van der Waals surface area contributed by atoms with Gasteiger partial charge in [-0.3, -0.25) is 4.90 Å². The number of likely N-dealkylation sites (N-methyl/N-ethyl adjacent to an activating group) is 1. The van der Waals surface area contributed by atoms with Crippen LogP contribution in [0.15, 0.2) is 11.4 Å². The molecule has 6 heteroatoms. The summed E-state index contributed by atoms with van der Waals surface area (Å²) >= 11 is 0. The zero-order chi connectivity index (χ0) is 13.8. The van der Waals surface area contributed by atoms with Gasteiger partial charge >= 0.3 is 0 Å². The van der Waals surface area contributed by atoms with Crippen molar-refractivity contribution in [3.63, 3.8) is 0 Å². The van der Waals surface area contributed by atoms with Crippen molar-refractivity contribution >= 4 is 0 Å². The molecule has 2 aliphatic rings. The van der Waals surface area contributed by atoms with Crippen LogP contribution in [0.3, 0.4) is 0 Å². The number of allylic oxidation sites excluding steroid dienone is 1. The first-order valence-corrected chi connectivity index (χ1v) is 6.48. The molecule has 2 N–H and O–H groups in total. The second kappa shape index (κ2) is 5.92. The van der Waals surface area contributed by atoms with Crippen LogP contribution in [-0.4, -0.2) is 50.3 Å². The zero-order valence-corrected chi connectivity index (χ0v) is 11.3. The highest BCUT2D eigenvalue weighted by molar-refractivity contribution is 5.38. The van der Waals surface area contributed by atoms with Crippen molar-refractivity contribution in [1.29, 1.82) is 10.5 Å². The van der Waals surface area contributed by atoms with Crippen LogP contribution in [0, 0.1) is 22.7 Å². The number of nitrogens with one attached hydrogen (secondary N) is 2. The molecule has 0 aromatic rings. The maximum absolute atomic E-state index is 8.92. The second-order valence-electron chi connectivity index (χ2n) is 5.05. The highest BCUT2D eigenvalue weighted by Gasteiger charge is 2.36. The fourth-order valence-electron chi connectivity index (χ4n) is 2.82. The molecule has 2 rings (SSSR count). The molecule has 0 amide bonds. The van der Waals surface area contributed by atoms with E-state index in [1.165, 1.54) is 0 Å². The molecule has 2 bridgehead atoms. The Hall–Kier alpha value is -1.76. The molecule has 102 valence electrons. The van der Waals surface area contributed by atoms with E-state index in [1.54, 1.807) is 7.05 Å². The molecule has 0 spiro atoms. The molecule has 19 heavy (non-hydrogen) atoms. The molecule has 0 aromatic carbocycles. The van der Waals surface area contributed by atoms with Gasteiger partial charge in [0.2, 0.25) is 0 Å². The van der Waals surface area contributed by atoms with Gasteiger partial charge in [0, 0.05) is 25.2 Å². The van der Waals surface area contributed by atoms with Crippen molar-refractivity contribution in [1.82, 2.24) is 15.5 Å². The molecule has 0 saturated carbocycles. The third-order valence-corrected chi connectivity index (χ3v) is 3.96. The summed E-state index contributed by atoms with van der Waals surface area (Å²) in [5.74, 6) is 0.526. The summed E-state index contributed by atoms with van der Waals surface area (Å²) in [5, 5.41) is 24.0. The van der Waals surface area contributed by atoms with Crippen LogP contribution in [0.5, 0.6) is 0 Å². The SMILES string of the molecule is CNC(NC1CC2COCC(C1)N2C)=C(C#N)C#N. The van der Waals surface area contributed by atoms with Crippen LogP contribution in [0.4, 0.5) is 0 Å². The quantitative estimate of drug-likeness (QED) is 0.691. The monoisotopic (exact) mass is 261 g/mol. The van der Waals surface area contributed by atoms with Gasteiger partial charge in [0.05, 0.1) is 13.2 Å². The van der Waals surface area contributed by atoms with Gasteiger partial charge in [-0.15, -0.1) is 0 Å². The predicted octanol–water partition coefficient (Wildman–Crippen LogP) is -0.0842. The van der Waals surface area contributed by atoms with Gasteiger partial charge in [-0.05, 0) is 19.9 Å². The standard InChI is InChI=1S/C13H19N5O/c1-16-13(9(5-14)6-15)17-10-3-11-7-19-8-12(4-10)18(11)2/h10-12,16-17H,3-4,7-8H2,1-2H3. The molecule has 0 aromatic heterocycles. The second-order valence-corrected chi connectivity index (χ2v) is 5.05. The van der Waals surface area contributed by atoms with Crippen molar-refractivity contribution < 1.29 is 4.74 Å². The smallest absolute Gasteiger partial charge is 0.169 e. The van der Waals surface area contributed by atoms with E-state index in [1.807, 2.05) is 12.1 Å². The van der Waals surface area contributed by atoms with Gasteiger partial charge in [0.1, 0.15) is 18.0 Å². The summed E-state index contributed by atoms with van der Waals surface area (Å²) in [6, 6.07) is 4.92.